The average Bonchev–Trinajstić information content (AvgIpc) is 2.65. The van der Waals surface area contributed by atoms with E-state index in [1.807, 2.05) is 0 Å². The van der Waals surface area contributed by atoms with Crippen molar-refractivity contribution in [3.05, 3.63) is 24.0 Å². The first-order valence-corrected chi connectivity index (χ1v) is 6.07. The normalized spacial score (nSPS) is 11.2. The molecule has 1 rings (SSSR count). The van der Waals surface area contributed by atoms with Crippen molar-refractivity contribution in [1.82, 2.24) is 9.88 Å². The van der Waals surface area contributed by atoms with E-state index in [4.69, 9.17) is 0 Å². The first-order valence-electron chi connectivity index (χ1n) is 6.07. The summed E-state index contributed by atoms with van der Waals surface area (Å²) in [6.45, 7) is 9.93. The van der Waals surface area contributed by atoms with Crippen LogP contribution in [-0.4, -0.2) is 11.1 Å². The molecule has 0 aliphatic carbocycles. The molecular weight excluding hydrogens is 184 g/mol. The Balaban J connectivity index is 2.09. The van der Waals surface area contributed by atoms with Crippen LogP contribution in [0.15, 0.2) is 18.5 Å². The van der Waals surface area contributed by atoms with Crippen LogP contribution in [-0.2, 0) is 13.1 Å². The van der Waals surface area contributed by atoms with Crippen LogP contribution in [0.25, 0.3) is 0 Å². The van der Waals surface area contributed by atoms with E-state index in [0.29, 0.717) is 0 Å². The van der Waals surface area contributed by atoms with E-state index in [0.717, 1.165) is 25.6 Å². The summed E-state index contributed by atoms with van der Waals surface area (Å²) in [5.74, 6) is 0.827. The van der Waals surface area contributed by atoms with E-state index < -0.39 is 0 Å². The minimum absolute atomic E-state index is 0.827. The summed E-state index contributed by atoms with van der Waals surface area (Å²) >= 11 is 0. The van der Waals surface area contributed by atoms with Gasteiger partial charge in [0.2, 0.25) is 0 Å². The quantitative estimate of drug-likeness (QED) is 0.682. The fourth-order valence-corrected chi connectivity index (χ4v) is 1.66. The number of nitrogens with one attached hydrogen (secondary N) is 1. The SMILES string of the molecule is CCn1ccc(CNCCCC(C)C)c1. The van der Waals surface area contributed by atoms with E-state index in [1.54, 1.807) is 0 Å². The molecule has 1 heterocycles. The standard InChI is InChI=1S/C13H24N2/c1-4-15-9-7-13(11-15)10-14-8-5-6-12(2)3/h7,9,11-12,14H,4-6,8,10H2,1-3H3. The molecule has 0 unspecified atom stereocenters. The zero-order chi connectivity index (χ0) is 11.1. The molecule has 0 aromatic carbocycles. The van der Waals surface area contributed by atoms with Gasteiger partial charge in [-0.15, -0.1) is 0 Å². The van der Waals surface area contributed by atoms with E-state index in [-0.39, 0.29) is 0 Å². The van der Waals surface area contributed by atoms with Crippen LogP contribution < -0.4 is 5.32 Å². The van der Waals surface area contributed by atoms with Gasteiger partial charge in [0, 0.05) is 25.5 Å². The highest BCUT2D eigenvalue weighted by Crippen LogP contribution is 2.03. The molecule has 0 saturated carbocycles. The molecule has 0 fully saturated rings. The first kappa shape index (κ1) is 12.3. The lowest BCUT2D eigenvalue weighted by Crippen LogP contribution is -2.14. The average molecular weight is 208 g/mol. The predicted molar refractivity (Wildman–Crippen MR) is 65.9 cm³/mol. The predicted octanol–water partition coefficient (Wildman–Crippen LogP) is 3.03. The molecule has 0 aliphatic rings. The fourth-order valence-electron chi connectivity index (χ4n) is 1.66. The lowest BCUT2D eigenvalue weighted by atomic mass is 10.1. The van der Waals surface area contributed by atoms with Gasteiger partial charge in [-0.05, 0) is 43.9 Å². The molecule has 0 radical (unpaired) electrons. The largest absolute Gasteiger partial charge is 0.354 e. The van der Waals surface area contributed by atoms with Gasteiger partial charge in [-0.1, -0.05) is 13.8 Å². The highest BCUT2D eigenvalue weighted by Gasteiger charge is 1.96. The molecular formula is C13H24N2. The minimum atomic E-state index is 0.827. The highest BCUT2D eigenvalue weighted by molar-refractivity contribution is 5.09. The molecule has 1 N–H and O–H groups in total. The van der Waals surface area contributed by atoms with Gasteiger partial charge in [0.15, 0.2) is 0 Å². The van der Waals surface area contributed by atoms with Gasteiger partial charge < -0.3 is 9.88 Å². The van der Waals surface area contributed by atoms with Crippen molar-refractivity contribution >= 4 is 0 Å². The van der Waals surface area contributed by atoms with Crippen LogP contribution in [0, 0.1) is 5.92 Å². The summed E-state index contributed by atoms with van der Waals surface area (Å²) in [6.07, 6.45) is 6.97. The third-order valence-corrected chi connectivity index (χ3v) is 2.64. The van der Waals surface area contributed by atoms with Crippen molar-refractivity contribution in [2.45, 2.75) is 46.7 Å². The number of hydrogen-bond acceptors (Lipinski definition) is 1. The Morgan fingerprint density at radius 3 is 2.80 bits per heavy atom. The van der Waals surface area contributed by atoms with E-state index in [1.165, 1.54) is 18.4 Å². The van der Waals surface area contributed by atoms with Crippen molar-refractivity contribution in [3.8, 4) is 0 Å². The topological polar surface area (TPSA) is 17.0 Å². The van der Waals surface area contributed by atoms with Crippen LogP contribution in [0.2, 0.25) is 0 Å². The second-order valence-electron chi connectivity index (χ2n) is 4.56. The summed E-state index contributed by atoms with van der Waals surface area (Å²) in [4.78, 5) is 0. The second kappa shape index (κ2) is 6.67. The molecule has 0 saturated heterocycles. The zero-order valence-electron chi connectivity index (χ0n) is 10.3. The number of hydrogen-bond donors (Lipinski definition) is 1. The summed E-state index contributed by atoms with van der Waals surface area (Å²) in [6, 6.07) is 2.19. The molecule has 2 nitrogen and oxygen atoms in total. The Bertz CT molecular complexity index is 263. The van der Waals surface area contributed by atoms with Crippen LogP contribution in [0.1, 0.15) is 39.2 Å². The van der Waals surface area contributed by atoms with Crippen molar-refractivity contribution < 1.29 is 0 Å². The third kappa shape index (κ3) is 5.03. The maximum atomic E-state index is 3.48. The molecule has 0 aliphatic heterocycles. The number of aryl methyl sites for hydroxylation is 1. The Morgan fingerprint density at radius 2 is 2.20 bits per heavy atom. The van der Waals surface area contributed by atoms with Gasteiger partial charge in [-0.3, -0.25) is 0 Å². The maximum absolute atomic E-state index is 3.48. The highest BCUT2D eigenvalue weighted by atomic mass is 14.9. The van der Waals surface area contributed by atoms with Gasteiger partial charge >= 0.3 is 0 Å². The fraction of sp³-hybridized carbons (Fsp3) is 0.692. The van der Waals surface area contributed by atoms with E-state index in [9.17, 15) is 0 Å². The number of nitrogens with zero attached hydrogens (tertiary/aromatic N) is 1. The Hall–Kier alpha value is -0.760. The van der Waals surface area contributed by atoms with Crippen molar-refractivity contribution in [1.29, 1.82) is 0 Å². The van der Waals surface area contributed by atoms with Crippen LogP contribution in [0.4, 0.5) is 0 Å². The van der Waals surface area contributed by atoms with Gasteiger partial charge in [-0.2, -0.15) is 0 Å². The molecule has 0 atom stereocenters. The molecule has 0 spiro atoms. The Labute approximate surface area is 93.7 Å². The summed E-state index contributed by atoms with van der Waals surface area (Å²) in [7, 11) is 0. The zero-order valence-corrected chi connectivity index (χ0v) is 10.3. The van der Waals surface area contributed by atoms with Crippen LogP contribution in [0.3, 0.4) is 0 Å². The first-order chi connectivity index (χ1) is 7.22. The van der Waals surface area contributed by atoms with Gasteiger partial charge in [-0.25, -0.2) is 0 Å². The molecule has 1 aromatic rings. The molecule has 86 valence electrons. The van der Waals surface area contributed by atoms with Crippen molar-refractivity contribution in [2.24, 2.45) is 5.92 Å². The number of rotatable bonds is 7. The summed E-state index contributed by atoms with van der Waals surface area (Å²) in [5.41, 5.74) is 1.39. The second-order valence-corrected chi connectivity index (χ2v) is 4.56. The lowest BCUT2D eigenvalue weighted by Gasteiger charge is -2.05. The molecule has 0 bridgehead atoms. The van der Waals surface area contributed by atoms with E-state index in [2.05, 4.69) is 49.1 Å². The monoisotopic (exact) mass is 208 g/mol. The Morgan fingerprint density at radius 1 is 1.40 bits per heavy atom. The van der Waals surface area contributed by atoms with Crippen molar-refractivity contribution in [2.75, 3.05) is 6.54 Å². The molecule has 15 heavy (non-hydrogen) atoms. The van der Waals surface area contributed by atoms with Crippen LogP contribution >= 0.6 is 0 Å². The van der Waals surface area contributed by atoms with Crippen LogP contribution in [0.5, 0.6) is 0 Å². The van der Waals surface area contributed by atoms with Gasteiger partial charge in [0.25, 0.3) is 0 Å². The van der Waals surface area contributed by atoms with Gasteiger partial charge in [0.1, 0.15) is 0 Å². The lowest BCUT2D eigenvalue weighted by molar-refractivity contribution is 0.527. The van der Waals surface area contributed by atoms with Gasteiger partial charge in [0.05, 0.1) is 0 Å². The minimum Gasteiger partial charge on any atom is -0.354 e. The smallest absolute Gasteiger partial charge is 0.0220 e. The third-order valence-electron chi connectivity index (χ3n) is 2.64. The number of aromatic nitrogens is 1. The molecule has 0 amide bonds. The maximum Gasteiger partial charge on any atom is 0.0220 e. The van der Waals surface area contributed by atoms with Crippen molar-refractivity contribution in [3.63, 3.8) is 0 Å². The Kier molecular flexibility index (Phi) is 5.48. The molecule has 1 aromatic heterocycles. The summed E-state index contributed by atoms with van der Waals surface area (Å²) < 4.78 is 2.21. The van der Waals surface area contributed by atoms with E-state index >= 15 is 0 Å². The summed E-state index contributed by atoms with van der Waals surface area (Å²) in [5, 5.41) is 3.48. The molecule has 2 heteroatoms.